The van der Waals surface area contributed by atoms with Crippen molar-refractivity contribution in [2.45, 2.75) is 0 Å². The van der Waals surface area contributed by atoms with Crippen molar-refractivity contribution in [1.29, 1.82) is 0 Å². The predicted octanol–water partition coefficient (Wildman–Crippen LogP) is 4.44. The quantitative estimate of drug-likeness (QED) is 0.524. The largest absolute Gasteiger partial charge is 0.378 e. The molecule has 0 atom stereocenters. The van der Waals surface area contributed by atoms with Gasteiger partial charge in [0.15, 0.2) is 5.13 Å². The molecule has 1 aliphatic rings. The van der Waals surface area contributed by atoms with E-state index in [1.165, 1.54) is 12.1 Å². The molecule has 26 heavy (non-hydrogen) atoms. The first kappa shape index (κ1) is 17.0. The molecule has 4 rings (SSSR count). The van der Waals surface area contributed by atoms with E-state index < -0.39 is 4.92 Å². The normalized spacial score (nSPS) is 14.6. The van der Waals surface area contributed by atoms with E-state index in [1.807, 2.05) is 18.2 Å². The Bertz CT molecular complexity index is 972. The van der Waals surface area contributed by atoms with Crippen LogP contribution in [-0.2, 0) is 4.74 Å². The SMILES string of the molecule is O=[N+]([O-])c1ccc(Nc2ccc3nc(N4CCOCC4)sc3c2)c(Cl)c1. The molecule has 1 saturated heterocycles. The van der Waals surface area contributed by atoms with Crippen molar-refractivity contribution in [3.05, 3.63) is 51.5 Å². The fourth-order valence-corrected chi connectivity index (χ4v) is 4.03. The summed E-state index contributed by atoms with van der Waals surface area (Å²) in [7, 11) is 0. The number of nitrogens with zero attached hydrogens (tertiary/aromatic N) is 3. The van der Waals surface area contributed by atoms with Crippen molar-refractivity contribution in [2.24, 2.45) is 0 Å². The van der Waals surface area contributed by atoms with Crippen LogP contribution >= 0.6 is 22.9 Å². The Kier molecular flexibility index (Phi) is 4.62. The second-order valence-electron chi connectivity index (χ2n) is 5.82. The van der Waals surface area contributed by atoms with E-state index >= 15 is 0 Å². The summed E-state index contributed by atoms with van der Waals surface area (Å²) in [6.07, 6.45) is 0. The fourth-order valence-electron chi connectivity index (χ4n) is 2.75. The van der Waals surface area contributed by atoms with Crippen LogP contribution in [0.15, 0.2) is 36.4 Å². The first-order chi connectivity index (χ1) is 12.6. The number of non-ortho nitro benzene ring substituents is 1. The van der Waals surface area contributed by atoms with E-state index in [2.05, 4.69) is 10.2 Å². The molecule has 0 unspecified atom stereocenters. The maximum atomic E-state index is 10.8. The molecule has 0 bridgehead atoms. The van der Waals surface area contributed by atoms with Gasteiger partial charge in [0.05, 0.1) is 39.1 Å². The van der Waals surface area contributed by atoms with Crippen LogP contribution in [0.4, 0.5) is 22.2 Å². The van der Waals surface area contributed by atoms with Crippen molar-refractivity contribution in [3.8, 4) is 0 Å². The Labute approximate surface area is 158 Å². The second-order valence-corrected chi connectivity index (χ2v) is 7.24. The number of halogens is 1. The van der Waals surface area contributed by atoms with E-state index in [0.29, 0.717) is 10.7 Å². The van der Waals surface area contributed by atoms with Gasteiger partial charge < -0.3 is 15.0 Å². The number of anilines is 3. The lowest BCUT2D eigenvalue weighted by Gasteiger charge is -2.25. The van der Waals surface area contributed by atoms with Gasteiger partial charge in [-0.1, -0.05) is 22.9 Å². The second kappa shape index (κ2) is 7.06. The van der Waals surface area contributed by atoms with E-state index in [4.69, 9.17) is 21.3 Å². The van der Waals surface area contributed by atoms with Crippen molar-refractivity contribution < 1.29 is 9.66 Å². The molecule has 3 aromatic rings. The molecule has 1 aliphatic heterocycles. The van der Waals surface area contributed by atoms with Gasteiger partial charge in [-0.05, 0) is 24.3 Å². The standard InChI is InChI=1S/C17H15ClN4O3S/c18-13-10-12(22(23)24)2-4-14(13)19-11-1-3-15-16(9-11)26-17(20-15)21-5-7-25-8-6-21/h1-4,9-10,19H,5-8H2. The summed E-state index contributed by atoms with van der Waals surface area (Å²) in [4.78, 5) is 17.3. The third-order valence-electron chi connectivity index (χ3n) is 4.10. The van der Waals surface area contributed by atoms with Crippen LogP contribution in [0.1, 0.15) is 0 Å². The number of rotatable bonds is 4. The number of thiazole rings is 1. The summed E-state index contributed by atoms with van der Waals surface area (Å²) >= 11 is 7.79. The van der Waals surface area contributed by atoms with Gasteiger partial charge in [-0.3, -0.25) is 10.1 Å². The van der Waals surface area contributed by atoms with Crippen molar-refractivity contribution in [3.63, 3.8) is 0 Å². The number of aromatic nitrogens is 1. The average Bonchev–Trinajstić information content (AvgIpc) is 3.07. The summed E-state index contributed by atoms with van der Waals surface area (Å²) in [5, 5.41) is 15.3. The first-order valence-electron chi connectivity index (χ1n) is 8.04. The molecule has 1 aromatic heterocycles. The van der Waals surface area contributed by atoms with Gasteiger partial charge in [0.1, 0.15) is 0 Å². The predicted molar refractivity (Wildman–Crippen MR) is 104 cm³/mol. The molecule has 0 aliphatic carbocycles. The van der Waals surface area contributed by atoms with Gasteiger partial charge in [-0.25, -0.2) is 4.98 Å². The Morgan fingerprint density at radius 3 is 2.77 bits per heavy atom. The number of morpholine rings is 1. The Hall–Kier alpha value is -2.42. The zero-order chi connectivity index (χ0) is 18.1. The summed E-state index contributed by atoms with van der Waals surface area (Å²) in [6.45, 7) is 3.15. The fraction of sp³-hybridized carbons (Fsp3) is 0.235. The Morgan fingerprint density at radius 1 is 1.23 bits per heavy atom. The van der Waals surface area contributed by atoms with Gasteiger partial charge in [-0.15, -0.1) is 0 Å². The monoisotopic (exact) mass is 390 g/mol. The number of nitro benzene ring substituents is 1. The molecule has 1 N–H and O–H groups in total. The Balaban J connectivity index is 1.58. The van der Waals surface area contributed by atoms with Gasteiger partial charge >= 0.3 is 0 Å². The van der Waals surface area contributed by atoms with Gasteiger partial charge in [0.25, 0.3) is 5.69 Å². The van der Waals surface area contributed by atoms with Crippen LogP contribution in [0.2, 0.25) is 5.02 Å². The van der Waals surface area contributed by atoms with E-state index in [1.54, 1.807) is 17.4 Å². The van der Waals surface area contributed by atoms with Crippen molar-refractivity contribution in [2.75, 3.05) is 36.5 Å². The molecular weight excluding hydrogens is 376 g/mol. The number of hydrogen-bond acceptors (Lipinski definition) is 7. The van der Waals surface area contributed by atoms with Gasteiger partial charge in [-0.2, -0.15) is 0 Å². The highest BCUT2D eigenvalue weighted by atomic mass is 35.5. The number of benzene rings is 2. The maximum Gasteiger partial charge on any atom is 0.271 e. The minimum absolute atomic E-state index is 0.0337. The first-order valence-corrected chi connectivity index (χ1v) is 9.24. The van der Waals surface area contributed by atoms with E-state index in [-0.39, 0.29) is 5.69 Å². The van der Waals surface area contributed by atoms with Crippen LogP contribution in [0.3, 0.4) is 0 Å². The molecule has 0 spiro atoms. The van der Waals surface area contributed by atoms with E-state index in [0.717, 1.165) is 47.3 Å². The van der Waals surface area contributed by atoms with Crippen LogP contribution in [0.25, 0.3) is 10.2 Å². The molecule has 7 nitrogen and oxygen atoms in total. The molecule has 134 valence electrons. The van der Waals surface area contributed by atoms with Crippen molar-refractivity contribution >= 4 is 55.3 Å². The van der Waals surface area contributed by atoms with Crippen LogP contribution in [0.5, 0.6) is 0 Å². The molecule has 2 aromatic carbocycles. The smallest absolute Gasteiger partial charge is 0.271 e. The topological polar surface area (TPSA) is 80.5 Å². The molecule has 0 saturated carbocycles. The van der Waals surface area contributed by atoms with Gasteiger partial charge in [0.2, 0.25) is 0 Å². The highest BCUT2D eigenvalue weighted by Crippen LogP contribution is 2.34. The summed E-state index contributed by atoms with van der Waals surface area (Å²) in [5.41, 5.74) is 2.38. The van der Waals surface area contributed by atoms with Crippen molar-refractivity contribution in [1.82, 2.24) is 4.98 Å². The molecule has 2 heterocycles. The molecule has 0 radical (unpaired) electrons. The number of nitro groups is 1. The highest BCUT2D eigenvalue weighted by molar-refractivity contribution is 7.22. The highest BCUT2D eigenvalue weighted by Gasteiger charge is 2.16. The minimum Gasteiger partial charge on any atom is -0.378 e. The zero-order valence-corrected chi connectivity index (χ0v) is 15.2. The lowest BCUT2D eigenvalue weighted by atomic mass is 10.2. The average molecular weight is 391 g/mol. The van der Waals surface area contributed by atoms with Gasteiger partial charge in [0, 0.05) is 30.9 Å². The maximum absolute atomic E-state index is 10.8. The number of fused-ring (bicyclic) bond motifs is 1. The molecule has 9 heteroatoms. The minimum atomic E-state index is -0.466. The number of hydrogen-bond donors (Lipinski definition) is 1. The molecular formula is C17H15ClN4O3S. The van der Waals surface area contributed by atoms with Crippen LogP contribution < -0.4 is 10.2 Å². The Morgan fingerprint density at radius 2 is 2.04 bits per heavy atom. The number of ether oxygens (including phenoxy) is 1. The molecule has 1 fully saturated rings. The number of nitrogens with one attached hydrogen (secondary N) is 1. The summed E-state index contributed by atoms with van der Waals surface area (Å²) in [5.74, 6) is 0. The third kappa shape index (κ3) is 3.44. The molecule has 0 amide bonds. The van der Waals surface area contributed by atoms with E-state index in [9.17, 15) is 10.1 Å². The lowest BCUT2D eigenvalue weighted by Crippen LogP contribution is -2.36. The van der Waals surface area contributed by atoms with Crippen LogP contribution in [0, 0.1) is 10.1 Å². The summed E-state index contributed by atoms with van der Waals surface area (Å²) in [6, 6.07) is 10.3. The van der Waals surface area contributed by atoms with Crippen LogP contribution in [-0.4, -0.2) is 36.2 Å². The third-order valence-corrected chi connectivity index (χ3v) is 5.49. The lowest BCUT2D eigenvalue weighted by molar-refractivity contribution is -0.384. The summed E-state index contributed by atoms with van der Waals surface area (Å²) < 4.78 is 6.45. The zero-order valence-electron chi connectivity index (χ0n) is 13.6.